The molecule has 23 heavy (non-hydrogen) atoms. The average Bonchev–Trinajstić information content (AvgIpc) is 2.53. The van der Waals surface area contributed by atoms with E-state index in [0.717, 1.165) is 31.7 Å². The molecule has 0 aromatic heterocycles. The third-order valence-electron chi connectivity index (χ3n) is 6.65. The molecule has 4 saturated carbocycles. The standard InChI is InChI=1S/C21H25NO/c23-21-10-14-8-17(11-21)20(18(9-14)12-21)22-13-16-6-3-5-15-4-1-2-7-19(15)16/h1-7,14,17-18,20,22-23H,8-13H2/t14?,17-,18-,20?,21?/m0/s1. The van der Waals surface area contributed by atoms with Crippen LogP contribution in [0, 0.1) is 17.8 Å². The van der Waals surface area contributed by atoms with E-state index >= 15 is 0 Å². The number of fused-ring (bicyclic) bond motifs is 1. The third kappa shape index (κ3) is 2.31. The second-order valence-electron chi connectivity index (χ2n) is 8.24. The molecule has 120 valence electrons. The number of aliphatic hydroxyl groups is 1. The molecule has 2 atom stereocenters. The monoisotopic (exact) mass is 307 g/mol. The minimum atomic E-state index is -0.325. The van der Waals surface area contributed by atoms with E-state index in [0.29, 0.717) is 17.9 Å². The lowest BCUT2D eigenvalue weighted by atomic mass is 9.52. The molecule has 4 aliphatic rings. The van der Waals surface area contributed by atoms with Crippen molar-refractivity contribution in [2.75, 3.05) is 0 Å². The normalized spacial score (nSPS) is 38.3. The van der Waals surface area contributed by atoms with Gasteiger partial charge >= 0.3 is 0 Å². The first-order chi connectivity index (χ1) is 11.2. The van der Waals surface area contributed by atoms with Crippen molar-refractivity contribution >= 4 is 10.8 Å². The summed E-state index contributed by atoms with van der Waals surface area (Å²) >= 11 is 0. The van der Waals surface area contributed by atoms with Gasteiger partial charge in [-0.2, -0.15) is 0 Å². The molecule has 0 aliphatic heterocycles. The van der Waals surface area contributed by atoms with Crippen molar-refractivity contribution in [3.8, 4) is 0 Å². The summed E-state index contributed by atoms with van der Waals surface area (Å²) in [6.07, 6.45) is 5.76. The van der Waals surface area contributed by atoms with Gasteiger partial charge in [-0.15, -0.1) is 0 Å². The maximum absolute atomic E-state index is 10.7. The van der Waals surface area contributed by atoms with Crippen molar-refractivity contribution in [3.05, 3.63) is 48.0 Å². The number of benzene rings is 2. The van der Waals surface area contributed by atoms with Crippen LogP contribution in [0.5, 0.6) is 0 Å². The van der Waals surface area contributed by atoms with Crippen LogP contribution >= 0.6 is 0 Å². The van der Waals surface area contributed by atoms with Crippen LogP contribution in [0.1, 0.15) is 37.7 Å². The van der Waals surface area contributed by atoms with Gasteiger partial charge in [0.1, 0.15) is 0 Å². The third-order valence-corrected chi connectivity index (χ3v) is 6.65. The fourth-order valence-corrected chi connectivity index (χ4v) is 5.99. The Morgan fingerprint density at radius 3 is 2.48 bits per heavy atom. The highest BCUT2D eigenvalue weighted by atomic mass is 16.3. The zero-order chi connectivity index (χ0) is 15.4. The lowest BCUT2D eigenvalue weighted by Gasteiger charge is -2.58. The van der Waals surface area contributed by atoms with E-state index in [1.165, 1.54) is 29.2 Å². The van der Waals surface area contributed by atoms with E-state index in [9.17, 15) is 5.11 Å². The lowest BCUT2D eigenvalue weighted by Crippen LogP contribution is -2.60. The Bertz CT molecular complexity index is 718. The molecule has 0 spiro atoms. The molecular formula is C21H25NO. The van der Waals surface area contributed by atoms with E-state index in [2.05, 4.69) is 47.8 Å². The maximum Gasteiger partial charge on any atom is 0.0657 e. The molecule has 4 fully saturated rings. The maximum atomic E-state index is 10.7. The molecule has 4 aliphatic carbocycles. The van der Waals surface area contributed by atoms with Crippen molar-refractivity contribution in [3.63, 3.8) is 0 Å². The molecule has 0 radical (unpaired) electrons. The predicted molar refractivity (Wildman–Crippen MR) is 93.1 cm³/mol. The summed E-state index contributed by atoms with van der Waals surface area (Å²) in [7, 11) is 0. The van der Waals surface area contributed by atoms with Crippen molar-refractivity contribution in [2.45, 2.75) is 50.3 Å². The molecule has 0 amide bonds. The molecular weight excluding hydrogens is 282 g/mol. The second-order valence-corrected chi connectivity index (χ2v) is 8.24. The fourth-order valence-electron chi connectivity index (χ4n) is 5.99. The minimum absolute atomic E-state index is 0.325. The van der Waals surface area contributed by atoms with Gasteiger partial charge in [0.2, 0.25) is 0 Å². The Kier molecular flexibility index (Phi) is 3.08. The van der Waals surface area contributed by atoms with E-state index in [1.54, 1.807) is 0 Å². The van der Waals surface area contributed by atoms with Crippen molar-refractivity contribution < 1.29 is 5.11 Å². The molecule has 2 aromatic rings. The van der Waals surface area contributed by atoms with Gasteiger partial charge in [-0.05, 0) is 66.2 Å². The van der Waals surface area contributed by atoms with Gasteiger partial charge < -0.3 is 10.4 Å². The van der Waals surface area contributed by atoms with Crippen molar-refractivity contribution in [1.82, 2.24) is 5.32 Å². The first-order valence-electron chi connectivity index (χ1n) is 9.13. The van der Waals surface area contributed by atoms with E-state index in [1.807, 2.05) is 0 Å². The first kappa shape index (κ1) is 14.0. The zero-order valence-electron chi connectivity index (χ0n) is 13.5. The molecule has 6 rings (SSSR count). The zero-order valence-corrected chi connectivity index (χ0v) is 13.5. The van der Waals surface area contributed by atoms with Crippen LogP contribution in [0.4, 0.5) is 0 Å². The topological polar surface area (TPSA) is 32.3 Å². The van der Waals surface area contributed by atoms with Crippen LogP contribution < -0.4 is 5.32 Å². The Labute approximate surface area is 137 Å². The summed E-state index contributed by atoms with van der Waals surface area (Å²) in [5, 5.41) is 17.3. The van der Waals surface area contributed by atoms with Gasteiger partial charge in [-0.3, -0.25) is 0 Å². The molecule has 2 heteroatoms. The number of rotatable bonds is 3. The molecule has 2 N–H and O–H groups in total. The van der Waals surface area contributed by atoms with Gasteiger partial charge in [-0.25, -0.2) is 0 Å². The van der Waals surface area contributed by atoms with Crippen LogP contribution in [0.3, 0.4) is 0 Å². The van der Waals surface area contributed by atoms with Crippen LogP contribution in [0.25, 0.3) is 10.8 Å². The van der Waals surface area contributed by atoms with Crippen LogP contribution in [0.2, 0.25) is 0 Å². The number of hydrogen-bond donors (Lipinski definition) is 2. The van der Waals surface area contributed by atoms with Crippen LogP contribution in [-0.4, -0.2) is 16.7 Å². The van der Waals surface area contributed by atoms with Crippen LogP contribution in [-0.2, 0) is 6.54 Å². The van der Waals surface area contributed by atoms with E-state index in [-0.39, 0.29) is 5.60 Å². The molecule has 2 aromatic carbocycles. The molecule has 4 bridgehead atoms. The Hall–Kier alpha value is -1.38. The van der Waals surface area contributed by atoms with Crippen molar-refractivity contribution in [1.29, 1.82) is 0 Å². The summed E-state index contributed by atoms with van der Waals surface area (Å²) in [4.78, 5) is 0. The largest absolute Gasteiger partial charge is 0.390 e. The molecule has 0 heterocycles. The summed E-state index contributed by atoms with van der Waals surface area (Å²) < 4.78 is 0. The molecule has 0 unspecified atom stereocenters. The molecule has 2 nitrogen and oxygen atoms in total. The van der Waals surface area contributed by atoms with E-state index < -0.39 is 0 Å². The summed E-state index contributed by atoms with van der Waals surface area (Å²) in [6, 6.07) is 15.9. The van der Waals surface area contributed by atoms with Gasteiger partial charge in [0.25, 0.3) is 0 Å². The highest BCUT2D eigenvalue weighted by molar-refractivity contribution is 5.85. The smallest absolute Gasteiger partial charge is 0.0657 e. The van der Waals surface area contributed by atoms with Crippen molar-refractivity contribution in [2.24, 2.45) is 17.8 Å². The SMILES string of the molecule is OC12CC3C[C@@H](C1)C(NCc1cccc4ccccc14)[C@@H](C3)C2. The van der Waals surface area contributed by atoms with Gasteiger partial charge in [0, 0.05) is 12.6 Å². The minimum Gasteiger partial charge on any atom is -0.390 e. The quantitative estimate of drug-likeness (QED) is 0.902. The lowest BCUT2D eigenvalue weighted by molar-refractivity contribution is -0.138. The first-order valence-corrected chi connectivity index (χ1v) is 9.13. The summed E-state index contributed by atoms with van der Waals surface area (Å²) in [5.41, 5.74) is 1.07. The second kappa shape index (κ2) is 5.06. The summed E-state index contributed by atoms with van der Waals surface area (Å²) in [5.74, 6) is 2.15. The van der Waals surface area contributed by atoms with E-state index in [4.69, 9.17) is 0 Å². The average molecular weight is 307 g/mol. The highest BCUT2D eigenvalue weighted by Crippen LogP contribution is 2.55. The van der Waals surface area contributed by atoms with Gasteiger partial charge in [0.05, 0.1) is 5.60 Å². The fraction of sp³-hybridized carbons (Fsp3) is 0.524. The number of nitrogens with one attached hydrogen (secondary N) is 1. The Balaban J connectivity index is 1.37. The van der Waals surface area contributed by atoms with Gasteiger partial charge in [-0.1, -0.05) is 42.5 Å². The Morgan fingerprint density at radius 2 is 1.70 bits per heavy atom. The Morgan fingerprint density at radius 1 is 0.957 bits per heavy atom. The summed E-state index contributed by atoms with van der Waals surface area (Å²) in [6.45, 7) is 0.947. The van der Waals surface area contributed by atoms with Crippen LogP contribution in [0.15, 0.2) is 42.5 Å². The predicted octanol–water partition coefficient (Wildman–Crippen LogP) is 3.87. The number of hydrogen-bond acceptors (Lipinski definition) is 2. The molecule has 0 saturated heterocycles. The van der Waals surface area contributed by atoms with Gasteiger partial charge in [0.15, 0.2) is 0 Å². The highest BCUT2D eigenvalue weighted by Gasteiger charge is 2.54.